The average molecular weight is 198 g/mol. The van der Waals surface area contributed by atoms with Crippen molar-refractivity contribution in [1.29, 1.82) is 0 Å². The molecule has 1 aromatic rings. The molecule has 5 nitrogen and oxygen atoms in total. The van der Waals surface area contributed by atoms with Crippen LogP contribution in [0.3, 0.4) is 0 Å². The van der Waals surface area contributed by atoms with E-state index >= 15 is 0 Å². The minimum atomic E-state index is 0.135. The fourth-order valence-electron chi connectivity index (χ4n) is 1.27. The first-order valence-corrected chi connectivity index (χ1v) is 5.02. The van der Waals surface area contributed by atoms with Crippen molar-refractivity contribution in [3.05, 3.63) is 5.51 Å². The first-order chi connectivity index (χ1) is 6.34. The Morgan fingerprint density at radius 2 is 2.62 bits per heavy atom. The van der Waals surface area contributed by atoms with Crippen LogP contribution in [0.15, 0.2) is 5.51 Å². The molecule has 1 aliphatic heterocycles. The predicted molar refractivity (Wildman–Crippen MR) is 49.6 cm³/mol. The van der Waals surface area contributed by atoms with Crippen LogP contribution in [0.25, 0.3) is 0 Å². The van der Waals surface area contributed by atoms with Crippen LogP contribution in [0, 0.1) is 0 Å². The smallest absolute Gasteiger partial charge is 0.220 e. The molecule has 1 atom stereocenters. The molecule has 2 heterocycles. The molecule has 1 fully saturated rings. The van der Waals surface area contributed by atoms with Crippen molar-refractivity contribution < 1.29 is 4.79 Å². The number of aromatic nitrogens is 2. The summed E-state index contributed by atoms with van der Waals surface area (Å²) in [5.74, 6) is 0.135. The van der Waals surface area contributed by atoms with Gasteiger partial charge in [-0.15, -0.1) is 10.2 Å². The summed E-state index contributed by atoms with van der Waals surface area (Å²) >= 11 is 1.47. The largest absolute Gasteiger partial charge is 0.356 e. The summed E-state index contributed by atoms with van der Waals surface area (Å²) < 4.78 is 0. The lowest BCUT2D eigenvalue weighted by atomic mass is 10.1. The van der Waals surface area contributed by atoms with Crippen molar-refractivity contribution in [3.63, 3.8) is 0 Å². The van der Waals surface area contributed by atoms with Gasteiger partial charge in [-0.05, 0) is 6.42 Å². The predicted octanol–water partition coefficient (Wildman–Crippen LogP) is 0.229. The van der Waals surface area contributed by atoms with Gasteiger partial charge < -0.3 is 10.6 Å². The number of hydrogen-bond acceptors (Lipinski definition) is 5. The van der Waals surface area contributed by atoms with Crippen molar-refractivity contribution in [1.82, 2.24) is 15.5 Å². The van der Waals surface area contributed by atoms with E-state index in [1.807, 2.05) is 0 Å². The van der Waals surface area contributed by atoms with E-state index in [4.69, 9.17) is 0 Å². The quantitative estimate of drug-likeness (QED) is 0.713. The Bertz CT molecular complexity index is 277. The Labute approximate surface area is 79.6 Å². The summed E-state index contributed by atoms with van der Waals surface area (Å²) in [6, 6.07) is 0.297. The standard InChI is InChI=1S/C7H10N4OS/c12-6-2-1-5(3-8-6)10-7-11-9-4-13-7/h4-5H,1-3H2,(H,8,12)(H,10,11). The van der Waals surface area contributed by atoms with Gasteiger partial charge in [-0.1, -0.05) is 11.3 Å². The maximum atomic E-state index is 10.8. The maximum absolute atomic E-state index is 10.8. The van der Waals surface area contributed by atoms with Crippen LogP contribution in [-0.2, 0) is 4.79 Å². The van der Waals surface area contributed by atoms with Gasteiger partial charge in [0.1, 0.15) is 5.51 Å². The SMILES string of the molecule is O=C1CCC(Nc2nncs2)CN1. The normalized spacial score (nSPS) is 22.5. The monoisotopic (exact) mass is 198 g/mol. The van der Waals surface area contributed by atoms with Crippen molar-refractivity contribution in [2.75, 3.05) is 11.9 Å². The van der Waals surface area contributed by atoms with Crippen LogP contribution in [-0.4, -0.2) is 28.7 Å². The highest BCUT2D eigenvalue weighted by Crippen LogP contribution is 2.13. The molecule has 0 aromatic carbocycles. The summed E-state index contributed by atoms with van der Waals surface area (Å²) in [6.45, 7) is 0.679. The van der Waals surface area contributed by atoms with Gasteiger partial charge in [0.05, 0.1) is 0 Å². The van der Waals surface area contributed by atoms with Gasteiger partial charge in [-0.3, -0.25) is 4.79 Å². The molecule has 1 unspecified atom stereocenters. The molecule has 13 heavy (non-hydrogen) atoms. The number of piperidine rings is 1. The second-order valence-electron chi connectivity index (χ2n) is 2.93. The molecule has 0 spiro atoms. The second kappa shape index (κ2) is 3.69. The number of carbonyl (C=O) groups is 1. The van der Waals surface area contributed by atoms with Crippen molar-refractivity contribution in [2.24, 2.45) is 0 Å². The Morgan fingerprint density at radius 1 is 1.69 bits per heavy atom. The molecule has 1 aromatic heterocycles. The first-order valence-electron chi connectivity index (χ1n) is 4.14. The topological polar surface area (TPSA) is 66.9 Å². The molecule has 0 radical (unpaired) electrons. The summed E-state index contributed by atoms with van der Waals surface area (Å²) in [6.07, 6.45) is 1.46. The van der Waals surface area contributed by atoms with E-state index in [-0.39, 0.29) is 5.91 Å². The van der Waals surface area contributed by atoms with Crippen LogP contribution in [0.4, 0.5) is 5.13 Å². The van der Waals surface area contributed by atoms with Crippen LogP contribution >= 0.6 is 11.3 Å². The minimum absolute atomic E-state index is 0.135. The number of rotatable bonds is 2. The number of hydrogen-bond donors (Lipinski definition) is 2. The fraction of sp³-hybridized carbons (Fsp3) is 0.571. The molecule has 1 amide bonds. The molecule has 2 N–H and O–H groups in total. The third-order valence-electron chi connectivity index (χ3n) is 1.95. The number of carbonyl (C=O) groups excluding carboxylic acids is 1. The summed E-state index contributed by atoms with van der Waals surface area (Å²) in [4.78, 5) is 10.8. The number of nitrogens with one attached hydrogen (secondary N) is 2. The van der Waals surface area contributed by atoms with E-state index < -0.39 is 0 Å². The van der Waals surface area contributed by atoms with Gasteiger partial charge in [-0.25, -0.2) is 0 Å². The lowest BCUT2D eigenvalue weighted by Crippen LogP contribution is -2.41. The number of nitrogens with zero attached hydrogens (tertiary/aromatic N) is 2. The van der Waals surface area contributed by atoms with Gasteiger partial charge >= 0.3 is 0 Å². The highest BCUT2D eigenvalue weighted by molar-refractivity contribution is 7.13. The van der Waals surface area contributed by atoms with Crippen molar-refractivity contribution >= 4 is 22.4 Å². The Morgan fingerprint density at radius 3 is 3.23 bits per heavy atom. The second-order valence-corrected chi connectivity index (χ2v) is 3.76. The average Bonchev–Trinajstić information content (AvgIpc) is 2.62. The molecular weight excluding hydrogens is 188 g/mol. The van der Waals surface area contributed by atoms with Crippen LogP contribution in [0.5, 0.6) is 0 Å². The first kappa shape index (κ1) is 8.43. The van der Waals surface area contributed by atoms with E-state index in [9.17, 15) is 4.79 Å². The molecule has 1 aliphatic rings. The molecule has 70 valence electrons. The highest BCUT2D eigenvalue weighted by Gasteiger charge is 2.18. The number of amides is 1. The molecule has 6 heteroatoms. The zero-order valence-electron chi connectivity index (χ0n) is 6.99. The van der Waals surface area contributed by atoms with Crippen LogP contribution < -0.4 is 10.6 Å². The molecule has 2 rings (SSSR count). The zero-order valence-corrected chi connectivity index (χ0v) is 7.80. The van der Waals surface area contributed by atoms with Crippen LogP contribution in [0.1, 0.15) is 12.8 Å². The van der Waals surface area contributed by atoms with Gasteiger partial charge in [0.25, 0.3) is 0 Å². The van der Waals surface area contributed by atoms with E-state index in [2.05, 4.69) is 20.8 Å². The molecule has 1 saturated heterocycles. The summed E-state index contributed by atoms with van der Waals surface area (Å²) in [5.41, 5.74) is 1.68. The van der Waals surface area contributed by atoms with Crippen LogP contribution in [0.2, 0.25) is 0 Å². The molecular formula is C7H10N4OS. The lowest BCUT2D eigenvalue weighted by Gasteiger charge is -2.22. The van der Waals surface area contributed by atoms with Crippen molar-refractivity contribution in [2.45, 2.75) is 18.9 Å². The van der Waals surface area contributed by atoms with E-state index in [1.165, 1.54) is 11.3 Å². The maximum Gasteiger partial charge on any atom is 0.220 e. The summed E-state index contributed by atoms with van der Waals surface area (Å²) in [5, 5.41) is 14.4. The van der Waals surface area contributed by atoms with Gasteiger partial charge in [-0.2, -0.15) is 0 Å². The Balaban J connectivity index is 1.86. The third-order valence-corrected chi connectivity index (χ3v) is 2.58. The van der Waals surface area contributed by atoms with Crippen molar-refractivity contribution in [3.8, 4) is 0 Å². The van der Waals surface area contributed by atoms with Gasteiger partial charge in [0, 0.05) is 19.0 Å². The van der Waals surface area contributed by atoms with E-state index in [0.29, 0.717) is 19.0 Å². The minimum Gasteiger partial charge on any atom is -0.356 e. The highest BCUT2D eigenvalue weighted by atomic mass is 32.1. The molecule has 0 saturated carbocycles. The third kappa shape index (κ3) is 2.15. The molecule has 0 aliphatic carbocycles. The van der Waals surface area contributed by atoms with E-state index in [0.717, 1.165) is 11.6 Å². The fourth-order valence-corrected chi connectivity index (χ4v) is 1.79. The Kier molecular flexibility index (Phi) is 2.40. The zero-order chi connectivity index (χ0) is 9.10. The number of anilines is 1. The Hall–Kier alpha value is -1.17. The van der Waals surface area contributed by atoms with Gasteiger partial charge in [0.2, 0.25) is 11.0 Å². The summed E-state index contributed by atoms with van der Waals surface area (Å²) in [7, 11) is 0. The molecule has 0 bridgehead atoms. The van der Waals surface area contributed by atoms with Gasteiger partial charge in [0.15, 0.2) is 0 Å². The lowest BCUT2D eigenvalue weighted by molar-refractivity contribution is -0.122. The van der Waals surface area contributed by atoms with E-state index in [1.54, 1.807) is 5.51 Å².